The van der Waals surface area contributed by atoms with Crippen LogP contribution in [0.15, 0.2) is 194 Å². The van der Waals surface area contributed by atoms with Crippen molar-refractivity contribution in [1.82, 2.24) is 14.4 Å². The zero-order valence-corrected chi connectivity index (χ0v) is 32.8. The van der Waals surface area contributed by atoms with Crippen molar-refractivity contribution in [2.75, 3.05) is 0 Å². The lowest BCUT2D eigenvalue weighted by molar-refractivity contribution is 0.727. The largest absolute Gasteiger partial charge is 0.308 e. The Hall–Kier alpha value is -7.62. The van der Waals surface area contributed by atoms with Crippen LogP contribution in [-0.4, -0.2) is 14.4 Å². The van der Waals surface area contributed by atoms with Gasteiger partial charge in [0.25, 0.3) is 0 Å². The van der Waals surface area contributed by atoms with Crippen molar-refractivity contribution < 1.29 is 0 Å². The molecule has 0 bridgehead atoms. The fourth-order valence-corrected chi connectivity index (χ4v) is 10.4. The van der Waals surface area contributed by atoms with Crippen molar-refractivity contribution in [3.05, 3.63) is 211 Å². The van der Waals surface area contributed by atoms with E-state index >= 15 is 0 Å². The van der Waals surface area contributed by atoms with E-state index in [1.165, 1.54) is 87.8 Å². The van der Waals surface area contributed by atoms with Gasteiger partial charge in [0.05, 0.1) is 39.0 Å². The van der Waals surface area contributed by atoms with Gasteiger partial charge in [0.1, 0.15) is 0 Å². The van der Waals surface area contributed by atoms with E-state index in [1.54, 1.807) is 0 Å². The number of fused-ring (bicyclic) bond motifs is 12. The number of rotatable bonds is 4. The van der Waals surface area contributed by atoms with Gasteiger partial charge in [-0.05, 0) is 105 Å². The molecule has 0 spiro atoms. The summed E-state index contributed by atoms with van der Waals surface area (Å²) in [5.41, 5.74) is 18.9. The summed E-state index contributed by atoms with van der Waals surface area (Å²) in [6.07, 6.45) is 1.99. The number of aryl methyl sites for hydroxylation is 1. The molecular formula is C57H37N3. The number of para-hydroxylation sites is 4. The predicted octanol–water partition coefficient (Wildman–Crippen LogP) is 14.7. The molecule has 0 amide bonds. The Labute approximate surface area is 347 Å². The van der Waals surface area contributed by atoms with Gasteiger partial charge >= 0.3 is 0 Å². The second-order valence-corrected chi connectivity index (χ2v) is 16.4. The molecule has 13 rings (SSSR count). The number of aromatic nitrogens is 3. The summed E-state index contributed by atoms with van der Waals surface area (Å²) in [5.74, 6) is 0.209. The Morgan fingerprint density at radius 3 is 1.72 bits per heavy atom. The first-order valence-electron chi connectivity index (χ1n) is 21.0. The van der Waals surface area contributed by atoms with Crippen molar-refractivity contribution in [1.29, 1.82) is 0 Å². The highest BCUT2D eigenvalue weighted by Gasteiger charge is 2.30. The Balaban J connectivity index is 0.976. The van der Waals surface area contributed by atoms with E-state index in [0.29, 0.717) is 0 Å². The average molecular weight is 764 g/mol. The first kappa shape index (κ1) is 33.4. The summed E-state index contributed by atoms with van der Waals surface area (Å²) in [7, 11) is 0. The van der Waals surface area contributed by atoms with Gasteiger partial charge in [-0.25, -0.2) is 9.97 Å². The average Bonchev–Trinajstić information content (AvgIpc) is 3.78. The molecule has 1 atom stereocenters. The van der Waals surface area contributed by atoms with E-state index in [4.69, 9.17) is 9.97 Å². The number of hydrogen-bond acceptors (Lipinski definition) is 2. The van der Waals surface area contributed by atoms with Crippen LogP contribution in [0.2, 0.25) is 0 Å². The first-order valence-corrected chi connectivity index (χ1v) is 21.0. The van der Waals surface area contributed by atoms with E-state index < -0.39 is 0 Å². The fourth-order valence-electron chi connectivity index (χ4n) is 10.4. The minimum atomic E-state index is 0.209. The van der Waals surface area contributed by atoms with Crippen LogP contribution in [0.25, 0.3) is 105 Å². The quantitative estimate of drug-likeness (QED) is 0.179. The Kier molecular flexibility index (Phi) is 7.20. The zero-order valence-electron chi connectivity index (χ0n) is 32.8. The van der Waals surface area contributed by atoms with Gasteiger partial charge in [0.2, 0.25) is 0 Å². The molecule has 0 saturated heterocycles. The van der Waals surface area contributed by atoms with Crippen LogP contribution in [0.5, 0.6) is 0 Å². The minimum Gasteiger partial charge on any atom is -0.308 e. The van der Waals surface area contributed by atoms with Crippen molar-refractivity contribution in [2.45, 2.75) is 18.8 Å². The van der Waals surface area contributed by atoms with Crippen LogP contribution in [0.4, 0.5) is 0 Å². The van der Waals surface area contributed by atoms with Crippen LogP contribution in [0.3, 0.4) is 0 Å². The molecule has 3 heterocycles. The molecule has 280 valence electrons. The normalized spacial score (nSPS) is 14.0. The van der Waals surface area contributed by atoms with Crippen LogP contribution >= 0.6 is 0 Å². The number of hydrogen-bond donors (Lipinski definition) is 0. The molecule has 0 saturated carbocycles. The van der Waals surface area contributed by atoms with Crippen LogP contribution < -0.4 is 0 Å². The van der Waals surface area contributed by atoms with E-state index in [-0.39, 0.29) is 5.92 Å². The smallest absolute Gasteiger partial charge is 0.0973 e. The number of nitrogens with zero attached hydrogens (tertiary/aromatic N) is 3. The predicted molar refractivity (Wildman–Crippen MR) is 250 cm³/mol. The van der Waals surface area contributed by atoms with Gasteiger partial charge in [0, 0.05) is 38.6 Å². The third-order valence-electron chi connectivity index (χ3n) is 13.1. The third-order valence-corrected chi connectivity index (χ3v) is 13.1. The molecule has 1 unspecified atom stereocenters. The highest BCUT2D eigenvalue weighted by molar-refractivity contribution is 6.28. The van der Waals surface area contributed by atoms with Crippen molar-refractivity contribution in [2.24, 2.45) is 0 Å². The summed E-state index contributed by atoms with van der Waals surface area (Å²) >= 11 is 0. The van der Waals surface area contributed by atoms with Gasteiger partial charge in [-0.3, -0.25) is 0 Å². The Morgan fingerprint density at radius 2 is 1.00 bits per heavy atom. The molecule has 1 aliphatic carbocycles. The highest BCUT2D eigenvalue weighted by atomic mass is 14.9. The fraction of sp³-hybridized carbons (Fsp3) is 0.0526. The number of benzene rings is 9. The monoisotopic (exact) mass is 763 g/mol. The van der Waals surface area contributed by atoms with E-state index in [0.717, 1.165) is 46.4 Å². The maximum Gasteiger partial charge on any atom is 0.0973 e. The molecule has 0 N–H and O–H groups in total. The second kappa shape index (κ2) is 12.9. The van der Waals surface area contributed by atoms with Crippen molar-refractivity contribution in [3.8, 4) is 44.8 Å². The molecule has 0 radical (unpaired) electrons. The minimum absolute atomic E-state index is 0.209. The Bertz CT molecular complexity index is 3640. The summed E-state index contributed by atoms with van der Waals surface area (Å²) in [4.78, 5) is 10.5. The van der Waals surface area contributed by atoms with Crippen molar-refractivity contribution >= 4 is 59.9 Å². The molecule has 0 aliphatic heterocycles. The van der Waals surface area contributed by atoms with Crippen LogP contribution in [0.1, 0.15) is 29.0 Å². The highest BCUT2D eigenvalue weighted by Crippen LogP contribution is 2.51. The SMILES string of the molecule is c1ccc(-c2ccc(-c3nc4ccccc4nc3-c3ccc(C4CCc5cc6c7ccccc7n7c8ccccc8c(c5-c5cc8ccccc8cc54)c67)cc3)cc2)cc1. The topological polar surface area (TPSA) is 30.2 Å². The van der Waals surface area contributed by atoms with Crippen LogP contribution in [0, 0.1) is 0 Å². The molecule has 9 aromatic carbocycles. The van der Waals surface area contributed by atoms with Gasteiger partial charge in [-0.15, -0.1) is 0 Å². The van der Waals surface area contributed by atoms with Crippen LogP contribution in [-0.2, 0) is 6.42 Å². The van der Waals surface area contributed by atoms with Gasteiger partial charge in [-0.2, -0.15) is 0 Å². The third kappa shape index (κ3) is 4.96. The van der Waals surface area contributed by atoms with Gasteiger partial charge in [0.15, 0.2) is 0 Å². The lowest BCUT2D eigenvalue weighted by atomic mass is 9.83. The first-order chi connectivity index (χ1) is 29.7. The summed E-state index contributed by atoms with van der Waals surface area (Å²) in [5, 5.41) is 7.93. The lowest BCUT2D eigenvalue weighted by Gasteiger charge is -2.20. The molecular weight excluding hydrogens is 727 g/mol. The van der Waals surface area contributed by atoms with E-state index in [2.05, 4.69) is 186 Å². The van der Waals surface area contributed by atoms with E-state index in [1.807, 2.05) is 12.1 Å². The molecule has 3 nitrogen and oxygen atoms in total. The maximum atomic E-state index is 5.28. The second-order valence-electron chi connectivity index (χ2n) is 16.4. The van der Waals surface area contributed by atoms with Gasteiger partial charge < -0.3 is 4.40 Å². The van der Waals surface area contributed by atoms with E-state index in [9.17, 15) is 0 Å². The summed E-state index contributed by atoms with van der Waals surface area (Å²) in [6, 6.07) is 71.0. The standard InChI is InChI=1S/C57H37N3/c1-2-12-35(13-3-1)36-22-26-38(27-23-36)55-56(59-50-19-9-8-18-49(50)58-55)39-28-24-37(25-29-39)43-31-30-42-34-48-44-16-6-10-20-51(44)60-52-21-11-7-17-45(52)54(57(48)60)53(42)47-33-41-15-5-4-14-40(41)32-46(43)47/h1-29,32-34,43H,30-31H2. The molecule has 1 aliphatic rings. The van der Waals surface area contributed by atoms with Crippen molar-refractivity contribution in [3.63, 3.8) is 0 Å². The molecule has 3 heteroatoms. The molecule has 3 aromatic heterocycles. The van der Waals surface area contributed by atoms with Gasteiger partial charge in [-0.1, -0.05) is 152 Å². The molecule has 60 heavy (non-hydrogen) atoms. The molecule has 0 fully saturated rings. The summed E-state index contributed by atoms with van der Waals surface area (Å²) < 4.78 is 2.51. The summed E-state index contributed by atoms with van der Waals surface area (Å²) in [6.45, 7) is 0. The lowest BCUT2D eigenvalue weighted by Crippen LogP contribution is -2.03. The Morgan fingerprint density at radius 1 is 0.450 bits per heavy atom. The maximum absolute atomic E-state index is 5.28. The molecule has 12 aromatic rings. The zero-order chi connectivity index (χ0) is 39.3.